The molecule has 1 atom stereocenters. The Morgan fingerprint density at radius 3 is 2.60 bits per heavy atom. The van der Waals surface area contributed by atoms with Crippen molar-refractivity contribution < 1.29 is 13.2 Å². The van der Waals surface area contributed by atoms with E-state index in [1.54, 1.807) is 6.92 Å². The quantitative estimate of drug-likeness (QED) is 0.891. The minimum atomic E-state index is -2.63. The van der Waals surface area contributed by atoms with Gasteiger partial charge in [-0.2, -0.15) is 0 Å². The van der Waals surface area contributed by atoms with Gasteiger partial charge in [0.05, 0.1) is 6.04 Å². The fraction of sp³-hybridized carbons (Fsp3) is 0.400. The Kier molecular flexibility index (Phi) is 4.60. The van der Waals surface area contributed by atoms with Crippen LogP contribution in [-0.4, -0.2) is 13.0 Å². The summed E-state index contributed by atoms with van der Waals surface area (Å²) in [6.07, 6.45) is -2.63. The summed E-state index contributed by atoms with van der Waals surface area (Å²) in [7, 11) is 0. The lowest BCUT2D eigenvalue weighted by Gasteiger charge is -2.18. The van der Waals surface area contributed by atoms with Gasteiger partial charge in [0.25, 0.3) is 6.43 Å². The first-order valence-electron chi connectivity index (χ1n) is 4.52. The monoisotopic (exact) mass is 281 g/mol. The van der Waals surface area contributed by atoms with E-state index in [2.05, 4.69) is 21.2 Å². The molecule has 1 aromatic carbocycles. The van der Waals surface area contributed by atoms with Gasteiger partial charge in [0, 0.05) is 10.0 Å². The van der Waals surface area contributed by atoms with Gasteiger partial charge in [-0.25, -0.2) is 13.2 Å². The molecule has 0 radical (unpaired) electrons. The lowest BCUT2D eigenvalue weighted by Crippen LogP contribution is -2.27. The van der Waals surface area contributed by atoms with Crippen molar-refractivity contribution in [2.75, 3.05) is 6.54 Å². The van der Waals surface area contributed by atoms with Gasteiger partial charge in [-0.1, -0.05) is 22.9 Å². The number of hydrogen-bond acceptors (Lipinski definition) is 1. The number of nitrogens with one attached hydrogen (secondary N) is 1. The van der Waals surface area contributed by atoms with Crippen molar-refractivity contribution in [2.24, 2.45) is 0 Å². The zero-order valence-corrected chi connectivity index (χ0v) is 9.69. The highest BCUT2D eigenvalue weighted by Gasteiger charge is 2.24. The molecule has 0 spiro atoms. The van der Waals surface area contributed by atoms with Crippen molar-refractivity contribution in [1.29, 1.82) is 0 Å². The molecule has 0 heterocycles. The molecule has 0 aliphatic heterocycles. The molecule has 1 unspecified atom stereocenters. The fourth-order valence-electron chi connectivity index (χ4n) is 1.31. The largest absolute Gasteiger partial charge is 0.305 e. The third kappa shape index (κ3) is 3.21. The maximum atomic E-state index is 13.3. The Hall–Kier alpha value is -0.550. The van der Waals surface area contributed by atoms with E-state index in [0.717, 1.165) is 0 Å². The van der Waals surface area contributed by atoms with Crippen LogP contribution in [0.2, 0.25) is 0 Å². The molecule has 1 rings (SSSR count). The average Bonchev–Trinajstić information content (AvgIpc) is 2.18. The van der Waals surface area contributed by atoms with Crippen molar-refractivity contribution in [3.05, 3.63) is 34.1 Å². The molecule has 0 aliphatic carbocycles. The van der Waals surface area contributed by atoms with Gasteiger partial charge >= 0.3 is 0 Å². The van der Waals surface area contributed by atoms with Gasteiger partial charge in [-0.05, 0) is 24.7 Å². The van der Waals surface area contributed by atoms with Crippen molar-refractivity contribution in [2.45, 2.75) is 19.4 Å². The summed E-state index contributed by atoms with van der Waals surface area (Å²) < 4.78 is 39.2. The SMILES string of the molecule is CCNC(c1cc(Br)ccc1F)C(F)F. The summed E-state index contributed by atoms with van der Waals surface area (Å²) in [6, 6.07) is 2.77. The molecule has 0 bridgehead atoms. The summed E-state index contributed by atoms with van der Waals surface area (Å²) >= 11 is 3.13. The average molecular weight is 282 g/mol. The Morgan fingerprint density at radius 1 is 1.40 bits per heavy atom. The first-order chi connectivity index (χ1) is 7.06. The predicted molar refractivity (Wildman–Crippen MR) is 56.5 cm³/mol. The number of benzene rings is 1. The summed E-state index contributed by atoms with van der Waals surface area (Å²) in [5.41, 5.74) is -0.0128. The maximum absolute atomic E-state index is 13.3. The van der Waals surface area contributed by atoms with E-state index in [1.165, 1.54) is 18.2 Å². The highest BCUT2D eigenvalue weighted by atomic mass is 79.9. The molecule has 15 heavy (non-hydrogen) atoms. The van der Waals surface area contributed by atoms with E-state index < -0.39 is 18.3 Å². The van der Waals surface area contributed by atoms with Gasteiger partial charge in [0.15, 0.2) is 0 Å². The van der Waals surface area contributed by atoms with E-state index in [1.807, 2.05) is 0 Å². The zero-order valence-electron chi connectivity index (χ0n) is 8.11. The van der Waals surface area contributed by atoms with Crippen LogP contribution >= 0.6 is 15.9 Å². The Bertz CT molecular complexity index is 330. The van der Waals surface area contributed by atoms with Gasteiger partial charge in [0.1, 0.15) is 5.82 Å². The molecule has 1 aromatic rings. The van der Waals surface area contributed by atoms with Crippen LogP contribution < -0.4 is 5.32 Å². The Morgan fingerprint density at radius 2 is 2.07 bits per heavy atom. The van der Waals surface area contributed by atoms with Crippen molar-refractivity contribution in [3.63, 3.8) is 0 Å². The molecule has 5 heteroatoms. The second-order valence-corrected chi connectivity index (χ2v) is 3.95. The molecular weight excluding hydrogens is 271 g/mol. The van der Waals surface area contributed by atoms with Crippen molar-refractivity contribution >= 4 is 15.9 Å². The fourth-order valence-corrected chi connectivity index (χ4v) is 1.69. The number of rotatable bonds is 4. The highest BCUT2D eigenvalue weighted by molar-refractivity contribution is 9.10. The smallest absolute Gasteiger partial charge is 0.257 e. The van der Waals surface area contributed by atoms with Crippen LogP contribution in [-0.2, 0) is 0 Å². The van der Waals surface area contributed by atoms with Crippen LogP contribution in [0.1, 0.15) is 18.5 Å². The minimum absolute atomic E-state index is 0.0128. The lowest BCUT2D eigenvalue weighted by molar-refractivity contribution is 0.0975. The maximum Gasteiger partial charge on any atom is 0.257 e. The minimum Gasteiger partial charge on any atom is -0.305 e. The normalized spacial score (nSPS) is 13.2. The number of hydrogen-bond donors (Lipinski definition) is 1. The molecule has 0 amide bonds. The van der Waals surface area contributed by atoms with Gasteiger partial charge in [0.2, 0.25) is 0 Å². The van der Waals surface area contributed by atoms with Crippen molar-refractivity contribution in [1.82, 2.24) is 5.32 Å². The van der Waals surface area contributed by atoms with E-state index in [9.17, 15) is 13.2 Å². The van der Waals surface area contributed by atoms with Crippen LogP contribution in [0.15, 0.2) is 22.7 Å². The van der Waals surface area contributed by atoms with E-state index in [-0.39, 0.29) is 5.56 Å². The van der Waals surface area contributed by atoms with Crippen LogP contribution in [0.3, 0.4) is 0 Å². The zero-order chi connectivity index (χ0) is 11.4. The lowest BCUT2D eigenvalue weighted by atomic mass is 10.1. The van der Waals surface area contributed by atoms with Crippen LogP contribution in [0.5, 0.6) is 0 Å². The van der Waals surface area contributed by atoms with E-state index in [4.69, 9.17) is 0 Å². The third-order valence-electron chi connectivity index (χ3n) is 1.97. The topological polar surface area (TPSA) is 12.0 Å². The molecule has 0 saturated heterocycles. The first kappa shape index (κ1) is 12.5. The Balaban J connectivity index is 3.04. The molecule has 1 N–H and O–H groups in total. The van der Waals surface area contributed by atoms with Crippen LogP contribution in [0, 0.1) is 5.82 Å². The van der Waals surface area contributed by atoms with Crippen molar-refractivity contribution in [3.8, 4) is 0 Å². The molecule has 0 aliphatic rings. The molecular formula is C10H11BrF3N. The highest BCUT2D eigenvalue weighted by Crippen LogP contribution is 2.26. The Labute approximate surface area is 94.8 Å². The standard InChI is InChI=1S/C10H11BrF3N/c1-2-15-9(10(13)14)7-5-6(11)3-4-8(7)12/h3-5,9-10,15H,2H2,1H3. The molecule has 0 saturated carbocycles. The number of halogens is 4. The van der Waals surface area contributed by atoms with Gasteiger partial charge in [-0.15, -0.1) is 0 Å². The second-order valence-electron chi connectivity index (χ2n) is 3.04. The van der Waals surface area contributed by atoms with Crippen LogP contribution in [0.4, 0.5) is 13.2 Å². The number of alkyl halides is 2. The molecule has 0 aromatic heterocycles. The van der Waals surface area contributed by atoms with Crippen LogP contribution in [0.25, 0.3) is 0 Å². The molecule has 0 fully saturated rings. The molecule has 1 nitrogen and oxygen atoms in total. The third-order valence-corrected chi connectivity index (χ3v) is 2.46. The van der Waals surface area contributed by atoms with E-state index in [0.29, 0.717) is 11.0 Å². The summed E-state index contributed by atoms with van der Waals surface area (Å²) in [4.78, 5) is 0. The second kappa shape index (κ2) is 5.51. The van der Waals surface area contributed by atoms with E-state index >= 15 is 0 Å². The molecule has 84 valence electrons. The summed E-state index contributed by atoms with van der Waals surface area (Å²) in [5.74, 6) is -0.621. The van der Waals surface area contributed by atoms with Gasteiger partial charge in [-0.3, -0.25) is 0 Å². The summed E-state index contributed by atoms with van der Waals surface area (Å²) in [6.45, 7) is 2.06. The summed E-state index contributed by atoms with van der Waals surface area (Å²) in [5, 5.41) is 2.56. The first-order valence-corrected chi connectivity index (χ1v) is 5.32. The van der Waals surface area contributed by atoms with Gasteiger partial charge < -0.3 is 5.32 Å². The predicted octanol–water partition coefficient (Wildman–Crippen LogP) is 3.50.